The maximum Gasteiger partial charge on any atom is 0.255 e. The Bertz CT molecular complexity index is 2120. The third-order valence-corrected chi connectivity index (χ3v) is 9.25. The predicted molar refractivity (Wildman–Crippen MR) is 198 cm³/mol. The molecule has 1 atom stereocenters. The second-order valence-electron chi connectivity index (χ2n) is 12.9. The summed E-state index contributed by atoms with van der Waals surface area (Å²) in [5.74, 6) is -0.0107. The van der Waals surface area contributed by atoms with Crippen LogP contribution in [0.4, 0.5) is 23.3 Å². The molecule has 1 unspecified atom stereocenters. The quantitative estimate of drug-likeness (QED) is 0.0819. The average molecular weight is 714 g/mol. The molecule has 4 amide bonds. The fraction of sp³-hybridized carbons (Fsp3) is 0.263. The second kappa shape index (κ2) is 15.7. The van der Waals surface area contributed by atoms with Gasteiger partial charge >= 0.3 is 0 Å². The van der Waals surface area contributed by atoms with Crippen LogP contribution in [0.2, 0.25) is 0 Å². The number of nitrogens with zero attached hydrogens (tertiary/aromatic N) is 6. The first kappa shape index (κ1) is 34.8. The summed E-state index contributed by atoms with van der Waals surface area (Å²) in [6.45, 7) is 1.41. The predicted octanol–water partition coefficient (Wildman–Crippen LogP) is 4.10. The Hall–Kier alpha value is -6.64. The molecule has 2 aliphatic rings. The van der Waals surface area contributed by atoms with Gasteiger partial charge in [-0.2, -0.15) is 9.67 Å². The Morgan fingerprint density at radius 1 is 0.906 bits per heavy atom. The first-order valence-electron chi connectivity index (χ1n) is 17.6. The van der Waals surface area contributed by atoms with Crippen molar-refractivity contribution in [2.45, 2.75) is 57.7 Å². The van der Waals surface area contributed by atoms with Crippen LogP contribution in [0.25, 0.3) is 17.1 Å². The fourth-order valence-corrected chi connectivity index (χ4v) is 6.43. The molecule has 4 heterocycles. The molecule has 2 aliphatic heterocycles. The molecule has 3 aromatic carbocycles. The van der Waals surface area contributed by atoms with E-state index in [0.717, 1.165) is 53.0 Å². The van der Waals surface area contributed by atoms with Crippen LogP contribution >= 0.6 is 0 Å². The van der Waals surface area contributed by atoms with E-state index in [-0.39, 0.29) is 30.1 Å². The monoisotopic (exact) mass is 713 g/mol. The first-order valence-corrected chi connectivity index (χ1v) is 17.6. The van der Waals surface area contributed by atoms with Crippen molar-refractivity contribution in [3.05, 3.63) is 102 Å². The van der Waals surface area contributed by atoms with Crippen LogP contribution in [0.5, 0.6) is 0 Å². The number of imide groups is 1. The smallest absolute Gasteiger partial charge is 0.255 e. The van der Waals surface area contributed by atoms with Crippen molar-refractivity contribution in [1.82, 2.24) is 40.5 Å². The van der Waals surface area contributed by atoms with Gasteiger partial charge in [0.25, 0.3) is 5.91 Å². The van der Waals surface area contributed by atoms with Crippen molar-refractivity contribution in [2.24, 2.45) is 0 Å². The Labute approximate surface area is 305 Å². The van der Waals surface area contributed by atoms with Gasteiger partial charge in [-0.1, -0.05) is 55.0 Å². The van der Waals surface area contributed by atoms with Crippen molar-refractivity contribution in [1.29, 1.82) is 0 Å². The number of fused-ring (bicyclic) bond motifs is 1. The van der Waals surface area contributed by atoms with Crippen LogP contribution in [0.3, 0.4) is 0 Å². The normalized spacial score (nSPS) is 15.2. The lowest BCUT2D eigenvalue weighted by molar-refractivity contribution is -0.137. The molecule has 15 nitrogen and oxygen atoms in total. The molecule has 1 fully saturated rings. The number of carbonyl (C=O) groups excluding carboxylic acids is 4. The lowest BCUT2D eigenvalue weighted by atomic mass is 10.0. The van der Waals surface area contributed by atoms with E-state index in [9.17, 15) is 19.2 Å². The van der Waals surface area contributed by atoms with E-state index in [0.29, 0.717) is 49.8 Å². The first-order chi connectivity index (χ1) is 25.8. The maximum absolute atomic E-state index is 13.1. The largest absolute Gasteiger partial charge is 0.385 e. The second-order valence-corrected chi connectivity index (χ2v) is 12.9. The van der Waals surface area contributed by atoms with Gasteiger partial charge in [-0.3, -0.25) is 24.5 Å². The molecule has 0 aliphatic carbocycles. The summed E-state index contributed by atoms with van der Waals surface area (Å²) in [7, 11) is 0. The van der Waals surface area contributed by atoms with E-state index in [1.54, 1.807) is 17.0 Å². The number of carbonyl (C=O) groups is 4. The maximum atomic E-state index is 13.1. The number of aromatic nitrogens is 5. The molecule has 15 heteroatoms. The van der Waals surface area contributed by atoms with Crippen LogP contribution in [-0.2, 0) is 27.5 Å². The molecule has 0 radical (unpaired) electrons. The molecule has 6 N–H and O–H groups in total. The van der Waals surface area contributed by atoms with Crippen LogP contribution in [0.15, 0.2) is 84.9 Å². The molecule has 270 valence electrons. The highest BCUT2D eigenvalue weighted by Gasteiger charge is 2.39. The summed E-state index contributed by atoms with van der Waals surface area (Å²) >= 11 is 0. The van der Waals surface area contributed by atoms with Crippen LogP contribution < -0.4 is 27.0 Å². The minimum atomic E-state index is -0.644. The Morgan fingerprint density at radius 2 is 1.74 bits per heavy atom. The van der Waals surface area contributed by atoms with E-state index >= 15 is 0 Å². The lowest BCUT2D eigenvalue weighted by Crippen LogP contribution is -2.52. The van der Waals surface area contributed by atoms with Crippen molar-refractivity contribution in [3.8, 4) is 17.1 Å². The number of nitrogens with two attached hydrogens (primary N) is 1. The zero-order valence-corrected chi connectivity index (χ0v) is 28.9. The van der Waals surface area contributed by atoms with Crippen molar-refractivity contribution >= 4 is 46.9 Å². The summed E-state index contributed by atoms with van der Waals surface area (Å²) < 4.78 is 1.42. The molecule has 0 saturated carbocycles. The van der Waals surface area contributed by atoms with Gasteiger partial charge in [0.1, 0.15) is 6.04 Å². The molecular weight excluding hydrogens is 674 g/mol. The van der Waals surface area contributed by atoms with Crippen LogP contribution in [0.1, 0.15) is 60.0 Å². The topological polar surface area (TPSA) is 202 Å². The molecule has 0 spiro atoms. The number of rotatable bonds is 14. The van der Waals surface area contributed by atoms with E-state index in [1.807, 2.05) is 72.8 Å². The standard InChI is InChI=1S/C38H39N11O4/c39-37-44-38(47-49(37)32-19-17-29(45-46-32)25-8-3-1-4-9-25)42-26-15-13-24(14-16-26)22-41-33(50)12-5-2-6-21-40-30-11-7-10-27-28(30)23-48(36(27)53)31-18-20-34(51)43-35(31)52/h1,3-4,7-11,13-17,19,31,40H,2,5-6,12,18,20-23H2,(H,41,50)(H,43,51,52)(H3,39,42,44,47). The number of hydrogen-bond donors (Lipinski definition) is 5. The van der Waals surface area contributed by atoms with Crippen molar-refractivity contribution in [3.63, 3.8) is 0 Å². The van der Waals surface area contributed by atoms with E-state index in [1.165, 1.54) is 4.68 Å². The molecular formula is C38H39N11O4. The van der Waals surface area contributed by atoms with E-state index < -0.39 is 11.9 Å². The Morgan fingerprint density at radius 3 is 2.51 bits per heavy atom. The van der Waals surface area contributed by atoms with Crippen molar-refractivity contribution in [2.75, 3.05) is 22.9 Å². The van der Waals surface area contributed by atoms with E-state index in [4.69, 9.17) is 5.73 Å². The third kappa shape index (κ3) is 8.14. The number of nitrogens with one attached hydrogen (secondary N) is 4. The molecule has 2 aromatic heterocycles. The third-order valence-electron chi connectivity index (χ3n) is 9.25. The van der Waals surface area contributed by atoms with Crippen molar-refractivity contribution < 1.29 is 19.2 Å². The highest BCUT2D eigenvalue weighted by molar-refractivity contribution is 6.06. The molecule has 7 rings (SSSR count). The summed E-state index contributed by atoms with van der Waals surface area (Å²) in [6.07, 6.45) is 3.43. The van der Waals surface area contributed by atoms with Gasteiger partial charge in [-0.05, 0) is 61.2 Å². The number of anilines is 4. The van der Waals surface area contributed by atoms with Gasteiger partial charge in [0, 0.05) is 60.5 Å². The molecule has 5 aromatic rings. The van der Waals surface area contributed by atoms with Gasteiger partial charge < -0.3 is 26.6 Å². The number of benzene rings is 3. The van der Waals surface area contributed by atoms with Crippen LogP contribution in [0, 0.1) is 0 Å². The highest BCUT2D eigenvalue weighted by atomic mass is 16.2. The molecule has 1 saturated heterocycles. The SMILES string of the molecule is Nc1nc(Nc2ccc(CNC(=O)CCCCCNc3cccc4c3CN(C3CCC(=O)NC3=O)C4=O)cc2)nn1-c1ccc(-c2ccccc2)nn1. The Balaban J connectivity index is 0.810. The van der Waals surface area contributed by atoms with E-state index in [2.05, 4.69) is 41.5 Å². The van der Waals surface area contributed by atoms with Gasteiger partial charge in [-0.15, -0.1) is 15.3 Å². The fourth-order valence-electron chi connectivity index (χ4n) is 6.43. The summed E-state index contributed by atoms with van der Waals surface area (Å²) in [6, 6.07) is 25.9. The Kier molecular flexibility index (Phi) is 10.3. The number of amides is 4. The number of unbranched alkanes of at least 4 members (excludes halogenated alkanes) is 2. The van der Waals surface area contributed by atoms with Gasteiger partial charge in [0.2, 0.25) is 29.6 Å². The minimum Gasteiger partial charge on any atom is -0.385 e. The summed E-state index contributed by atoms with van der Waals surface area (Å²) in [4.78, 5) is 55.4. The molecule has 0 bridgehead atoms. The lowest BCUT2D eigenvalue weighted by Gasteiger charge is -2.29. The minimum absolute atomic E-state index is 0.0155. The van der Waals surface area contributed by atoms with Gasteiger partial charge in [0.05, 0.1) is 5.69 Å². The zero-order valence-electron chi connectivity index (χ0n) is 28.9. The van der Waals surface area contributed by atoms with Gasteiger partial charge in [-0.25, -0.2) is 0 Å². The number of hydrogen-bond acceptors (Lipinski definition) is 11. The van der Waals surface area contributed by atoms with Gasteiger partial charge in [0.15, 0.2) is 5.82 Å². The number of piperidine rings is 1. The van der Waals surface area contributed by atoms with Crippen LogP contribution in [-0.4, -0.2) is 66.1 Å². The number of nitrogen functional groups attached to an aromatic ring is 1. The molecule has 53 heavy (non-hydrogen) atoms. The zero-order chi connectivity index (χ0) is 36.7. The highest BCUT2D eigenvalue weighted by Crippen LogP contribution is 2.32. The summed E-state index contributed by atoms with van der Waals surface area (Å²) in [5, 5.41) is 24.9. The summed E-state index contributed by atoms with van der Waals surface area (Å²) in [5.41, 5.74) is 11.8. The average Bonchev–Trinajstić information content (AvgIpc) is 3.71.